The van der Waals surface area contributed by atoms with Gasteiger partial charge >= 0.3 is 0 Å². The average molecular weight is 349 g/mol. The molecule has 0 radical (unpaired) electrons. The van der Waals surface area contributed by atoms with Crippen LogP contribution in [0.2, 0.25) is 0 Å². The first-order valence-electron chi connectivity index (χ1n) is 9.07. The Hall–Kier alpha value is -2.82. The highest BCUT2D eigenvalue weighted by molar-refractivity contribution is 5.79. The molecule has 2 aromatic heterocycles. The number of hydrogen-bond donors (Lipinski definition) is 1. The van der Waals surface area contributed by atoms with Crippen molar-refractivity contribution in [3.8, 4) is 5.75 Å². The van der Waals surface area contributed by atoms with Crippen LogP contribution in [-0.2, 0) is 11.2 Å². The lowest BCUT2D eigenvalue weighted by Gasteiger charge is -2.32. The van der Waals surface area contributed by atoms with Crippen molar-refractivity contribution in [3.63, 3.8) is 0 Å². The van der Waals surface area contributed by atoms with Crippen LogP contribution in [0.3, 0.4) is 0 Å². The Labute approximate surface area is 153 Å². The molecule has 134 valence electrons. The number of methoxy groups -OCH3 is 1. The van der Waals surface area contributed by atoms with Crippen LogP contribution < -0.4 is 4.74 Å². The molecule has 0 bridgehead atoms. The van der Waals surface area contributed by atoms with Crippen LogP contribution in [0.25, 0.3) is 11.0 Å². The van der Waals surface area contributed by atoms with Gasteiger partial charge in [0.15, 0.2) is 0 Å². The minimum absolute atomic E-state index is 0.189. The number of piperidine rings is 1. The lowest BCUT2D eigenvalue weighted by atomic mass is 9.94. The SMILES string of the molecule is COc1ccc(CC(=O)N2CCCC(c3cc4ncccc4[nH]3)C2)cc1. The maximum Gasteiger partial charge on any atom is 0.227 e. The summed E-state index contributed by atoms with van der Waals surface area (Å²) < 4.78 is 5.17. The van der Waals surface area contributed by atoms with Gasteiger partial charge in [-0.2, -0.15) is 0 Å². The zero-order valence-electron chi connectivity index (χ0n) is 14.9. The molecular formula is C21H23N3O2. The minimum Gasteiger partial charge on any atom is -0.497 e. The van der Waals surface area contributed by atoms with Crippen LogP contribution in [-0.4, -0.2) is 41.0 Å². The number of hydrogen-bond acceptors (Lipinski definition) is 3. The van der Waals surface area contributed by atoms with E-state index in [0.29, 0.717) is 12.3 Å². The van der Waals surface area contributed by atoms with Crippen LogP contribution in [0.5, 0.6) is 5.75 Å². The lowest BCUT2D eigenvalue weighted by molar-refractivity contribution is -0.131. The van der Waals surface area contributed by atoms with Crippen molar-refractivity contribution in [2.45, 2.75) is 25.2 Å². The van der Waals surface area contributed by atoms with E-state index in [1.54, 1.807) is 7.11 Å². The van der Waals surface area contributed by atoms with Crippen LogP contribution in [0.15, 0.2) is 48.7 Å². The number of pyridine rings is 1. The molecular weight excluding hydrogens is 326 g/mol. The summed E-state index contributed by atoms with van der Waals surface area (Å²) in [7, 11) is 1.65. The molecule has 1 aromatic carbocycles. The van der Waals surface area contributed by atoms with Gasteiger partial charge in [0.05, 0.1) is 24.6 Å². The maximum absolute atomic E-state index is 12.7. The molecule has 1 fully saturated rings. The number of benzene rings is 1. The first-order valence-corrected chi connectivity index (χ1v) is 9.07. The summed E-state index contributed by atoms with van der Waals surface area (Å²) in [6.07, 6.45) is 4.37. The van der Waals surface area contributed by atoms with E-state index in [1.807, 2.05) is 47.5 Å². The Morgan fingerprint density at radius 1 is 1.31 bits per heavy atom. The zero-order chi connectivity index (χ0) is 17.9. The topological polar surface area (TPSA) is 58.2 Å². The number of carbonyl (C=O) groups is 1. The fourth-order valence-corrected chi connectivity index (χ4v) is 3.68. The van der Waals surface area contributed by atoms with E-state index in [0.717, 1.165) is 48.3 Å². The fraction of sp³-hybridized carbons (Fsp3) is 0.333. The highest BCUT2D eigenvalue weighted by atomic mass is 16.5. The highest BCUT2D eigenvalue weighted by Crippen LogP contribution is 2.28. The predicted molar refractivity (Wildman–Crippen MR) is 101 cm³/mol. The number of aromatic nitrogens is 2. The fourth-order valence-electron chi connectivity index (χ4n) is 3.68. The second kappa shape index (κ2) is 7.20. The van der Waals surface area contributed by atoms with Gasteiger partial charge in [0, 0.05) is 30.9 Å². The summed E-state index contributed by atoms with van der Waals surface area (Å²) >= 11 is 0. The first kappa shape index (κ1) is 16.6. The van der Waals surface area contributed by atoms with E-state index in [4.69, 9.17) is 4.74 Å². The summed E-state index contributed by atoms with van der Waals surface area (Å²) in [5.41, 5.74) is 4.25. The molecule has 1 aliphatic heterocycles. The van der Waals surface area contributed by atoms with E-state index in [1.165, 1.54) is 5.69 Å². The quantitative estimate of drug-likeness (QED) is 0.784. The van der Waals surface area contributed by atoms with Crippen molar-refractivity contribution in [1.82, 2.24) is 14.9 Å². The van der Waals surface area contributed by atoms with E-state index in [9.17, 15) is 4.79 Å². The van der Waals surface area contributed by atoms with E-state index in [2.05, 4.69) is 16.0 Å². The van der Waals surface area contributed by atoms with Gasteiger partial charge in [-0.25, -0.2) is 0 Å². The Balaban J connectivity index is 1.44. The monoisotopic (exact) mass is 349 g/mol. The molecule has 1 saturated heterocycles. The van der Waals surface area contributed by atoms with E-state index < -0.39 is 0 Å². The number of rotatable bonds is 4. The Morgan fingerprint density at radius 2 is 2.15 bits per heavy atom. The zero-order valence-corrected chi connectivity index (χ0v) is 14.9. The van der Waals surface area contributed by atoms with E-state index in [-0.39, 0.29) is 5.91 Å². The Bertz CT molecular complexity index is 868. The van der Waals surface area contributed by atoms with Gasteiger partial charge in [0.25, 0.3) is 0 Å². The van der Waals surface area contributed by atoms with Crippen LogP contribution in [0.4, 0.5) is 0 Å². The molecule has 1 atom stereocenters. The summed E-state index contributed by atoms with van der Waals surface area (Å²) in [4.78, 5) is 22.6. The predicted octanol–water partition coefficient (Wildman–Crippen LogP) is 3.52. The smallest absolute Gasteiger partial charge is 0.227 e. The van der Waals surface area contributed by atoms with Crippen molar-refractivity contribution < 1.29 is 9.53 Å². The number of nitrogens with one attached hydrogen (secondary N) is 1. The molecule has 1 unspecified atom stereocenters. The number of aromatic amines is 1. The molecule has 5 heteroatoms. The number of fused-ring (bicyclic) bond motifs is 1. The summed E-state index contributed by atoms with van der Waals surface area (Å²) in [6.45, 7) is 1.60. The molecule has 5 nitrogen and oxygen atoms in total. The normalized spacial score (nSPS) is 17.4. The largest absolute Gasteiger partial charge is 0.497 e. The molecule has 4 rings (SSSR count). The standard InChI is InChI=1S/C21H23N3O2/c1-26-17-8-6-15(7-9-17)12-21(25)24-11-3-4-16(14-24)19-13-20-18(23-19)5-2-10-22-20/h2,5-10,13,16,23H,3-4,11-12,14H2,1H3. The Kier molecular flexibility index (Phi) is 4.61. The summed E-state index contributed by atoms with van der Waals surface area (Å²) in [5, 5.41) is 0. The average Bonchev–Trinajstić information content (AvgIpc) is 3.13. The van der Waals surface area contributed by atoms with Crippen molar-refractivity contribution in [1.29, 1.82) is 0 Å². The van der Waals surface area contributed by atoms with Crippen LogP contribution in [0.1, 0.15) is 30.0 Å². The summed E-state index contributed by atoms with van der Waals surface area (Å²) in [5.74, 6) is 1.35. The Morgan fingerprint density at radius 3 is 2.92 bits per heavy atom. The molecule has 0 aliphatic carbocycles. The molecule has 3 heterocycles. The third kappa shape index (κ3) is 3.43. The first-order chi connectivity index (χ1) is 12.7. The minimum atomic E-state index is 0.189. The molecule has 0 saturated carbocycles. The highest BCUT2D eigenvalue weighted by Gasteiger charge is 2.26. The molecule has 1 amide bonds. The molecule has 26 heavy (non-hydrogen) atoms. The maximum atomic E-state index is 12.7. The molecule has 0 spiro atoms. The second-order valence-corrected chi connectivity index (χ2v) is 6.86. The van der Waals surface area contributed by atoms with Crippen molar-refractivity contribution >= 4 is 16.9 Å². The van der Waals surface area contributed by atoms with Gasteiger partial charge in [0.1, 0.15) is 5.75 Å². The molecule has 3 aromatic rings. The van der Waals surface area contributed by atoms with Gasteiger partial charge < -0.3 is 14.6 Å². The number of nitrogens with zero attached hydrogens (tertiary/aromatic N) is 2. The van der Waals surface area contributed by atoms with Gasteiger partial charge in [-0.1, -0.05) is 12.1 Å². The number of ether oxygens (including phenoxy) is 1. The van der Waals surface area contributed by atoms with Crippen LogP contribution >= 0.6 is 0 Å². The number of amides is 1. The lowest BCUT2D eigenvalue weighted by Crippen LogP contribution is -2.40. The third-order valence-electron chi connectivity index (χ3n) is 5.14. The van der Waals surface area contributed by atoms with Gasteiger partial charge in [0.2, 0.25) is 5.91 Å². The van der Waals surface area contributed by atoms with Crippen molar-refractivity contribution in [2.24, 2.45) is 0 Å². The van der Waals surface area contributed by atoms with Gasteiger partial charge in [-0.05, 0) is 48.7 Å². The van der Waals surface area contributed by atoms with Crippen molar-refractivity contribution in [3.05, 3.63) is 59.9 Å². The third-order valence-corrected chi connectivity index (χ3v) is 5.14. The summed E-state index contributed by atoms with van der Waals surface area (Å²) in [6, 6.07) is 13.8. The van der Waals surface area contributed by atoms with Gasteiger partial charge in [-0.15, -0.1) is 0 Å². The molecule has 1 N–H and O–H groups in total. The number of likely N-dealkylation sites (tertiary alicyclic amines) is 1. The van der Waals surface area contributed by atoms with Crippen LogP contribution in [0, 0.1) is 0 Å². The van der Waals surface area contributed by atoms with E-state index >= 15 is 0 Å². The van der Waals surface area contributed by atoms with Crippen molar-refractivity contribution in [2.75, 3.05) is 20.2 Å². The van der Waals surface area contributed by atoms with Gasteiger partial charge in [-0.3, -0.25) is 9.78 Å². The number of carbonyl (C=O) groups excluding carboxylic acids is 1. The second-order valence-electron chi connectivity index (χ2n) is 6.86. The molecule has 1 aliphatic rings. The number of H-pyrrole nitrogens is 1.